The van der Waals surface area contributed by atoms with E-state index in [2.05, 4.69) is 10.3 Å². The summed E-state index contributed by atoms with van der Waals surface area (Å²) in [6.45, 7) is 3.76. The Morgan fingerprint density at radius 2 is 2.05 bits per heavy atom. The van der Waals surface area contributed by atoms with E-state index in [9.17, 15) is 14.0 Å². The van der Waals surface area contributed by atoms with Crippen LogP contribution in [0.2, 0.25) is 0 Å². The zero-order valence-electron chi connectivity index (χ0n) is 12.5. The van der Waals surface area contributed by atoms with Crippen molar-refractivity contribution in [2.75, 3.05) is 5.32 Å². The van der Waals surface area contributed by atoms with E-state index in [1.54, 1.807) is 12.1 Å². The number of carbonyl (C=O) groups is 2. The van der Waals surface area contributed by atoms with E-state index >= 15 is 0 Å². The number of nitrogens with one attached hydrogen (secondary N) is 2. The molecule has 0 saturated heterocycles. The fourth-order valence-corrected chi connectivity index (χ4v) is 2.74. The third-order valence-electron chi connectivity index (χ3n) is 4.17. The number of hydrogen-bond acceptors (Lipinski definition) is 2. The first-order chi connectivity index (χ1) is 10.4. The maximum Gasteiger partial charge on any atom is 0.258 e. The van der Waals surface area contributed by atoms with Gasteiger partial charge in [0.1, 0.15) is 5.82 Å². The Balaban J connectivity index is 1.94. The molecule has 1 heterocycles. The third kappa shape index (κ3) is 2.32. The number of Topliss-reactive ketones (excluding diaryl/α,β-unsaturated/α-hetero) is 1. The van der Waals surface area contributed by atoms with Crippen molar-refractivity contribution in [2.45, 2.75) is 26.7 Å². The molecule has 4 nitrogen and oxygen atoms in total. The van der Waals surface area contributed by atoms with E-state index in [1.165, 1.54) is 18.3 Å². The predicted octanol–water partition coefficient (Wildman–Crippen LogP) is 3.56. The Hall–Kier alpha value is -2.43. The van der Waals surface area contributed by atoms with Crippen LogP contribution in [0.25, 0.3) is 0 Å². The van der Waals surface area contributed by atoms with Gasteiger partial charge in [-0.1, -0.05) is 26.0 Å². The van der Waals surface area contributed by atoms with Gasteiger partial charge in [0.2, 0.25) is 0 Å². The van der Waals surface area contributed by atoms with E-state index in [-0.39, 0.29) is 17.0 Å². The van der Waals surface area contributed by atoms with Crippen molar-refractivity contribution in [3.63, 3.8) is 0 Å². The first kappa shape index (κ1) is 14.5. The number of ketones is 1. The molecule has 1 amide bonds. The van der Waals surface area contributed by atoms with E-state index in [0.717, 1.165) is 18.5 Å². The molecule has 1 aliphatic carbocycles. The maximum atomic E-state index is 13.6. The van der Waals surface area contributed by atoms with Crippen LogP contribution >= 0.6 is 0 Å². The summed E-state index contributed by atoms with van der Waals surface area (Å²) in [4.78, 5) is 28.0. The van der Waals surface area contributed by atoms with Crippen molar-refractivity contribution in [2.24, 2.45) is 5.41 Å². The summed E-state index contributed by atoms with van der Waals surface area (Å²) in [6.07, 6.45) is 2.99. The minimum atomic E-state index is -0.507. The number of para-hydroxylation sites is 1. The number of halogens is 1. The van der Waals surface area contributed by atoms with Gasteiger partial charge in [0.05, 0.1) is 16.8 Å². The molecule has 0 radical (unpaired) electrons. The number of anilines is 1. The molecule has 3 rings (SSSR count). The molecule has 2 aromatic rings. The second kappa shape index (κ2) is 5.09. The van der Waals surface area contributed by atoms with Crippen LogP contribution in [-0.2, 0) is 6.42 Å². The molecule has 2 N–H and O–H groups in total. The van der Waals surface area contributed by atoms with Gasteiger partial charge >= 0.3 is 0 Å². The third-order valence-corrected chi connectivity index (χ3v) is 4.17. The molecule has 0 bridgehead atoms. The number of carbonyl (C=O) groups excluding carboxylic acids is 2. The first-order valence-electron chi connectivity index (χ1n) is 7.21. The fourth-order valence-electron chi connectivity index (χ4n) is 2.74. The molecule has 0 spiro atoms. The van der Waals surface area contributed by atoms with Gasteiger partial charge < -0.3 is 10.3 Å². The molecule has 1 aromatic heterocycles. The largest absolute Gasteiger partial charge is 0.364 e. The molecule has 0 saturated carbocycles. The molecule has 0 aliphatic heterocycles. The van der Waals surface area contributed by atoms with E-state index < -0.39 is 17.1 Å². The van der Waals surface area contributed by atoms with Crippen LogP contribution in [0.5, 0.6) is 0 Å². The van der Waals surface area contributed by atoms with Crippen molar-refractivity contribution in [1.82, 2.24) is 4.98 Å². The van der Waals surface area contributed by atoms with Gasteiger partial charge in [0, 0.05) is 17.3 Å². The van der Waals surface area contributed by atoms with Crippen molar-refractivity contribution < 1.29 is 14.0 Å². The average Bonchev–Trinajstić information content (AvgIpc) is 2.90. The number of benzene rings is 1. The monoisotopic (exact) mass is 300 g/mol. The molecule has 0 atom stereocenters. The number of hydrogen-bond donors (Lipinski definition) is 2. The van der Waals surface area contributed by atoms with Gasteiger partial charge in [-0.3, -0.25) is 9.59 Å². The molecule has 1 aliphatic rings. The predicted molar refractivity (Wildman–Crippen MR) is 81.6 cm³/mol. The van der Waals surface area contributed by atoms with Crippen LogP contribution in [0.4, 0.5) is 10.1 Å². The van der Waals surface area contributed by atoms with Gasteiger partial charge in [-0.15, -0.1) is 0 Å². The maximum absolute atomic E-state index is 13.6. The topological polar surface area (TPSA) is 62.0 Å². The van der Waals surface area contributed by atoms with Gasteiger partial charge in [-0.05, 0) is 25.0 Å². The molecule has 5 heteroatoms. The minimum absolute atomic E-state index is 0.0475. The highest BCUT2D eigenvalue weighted by molar-refractivity contribution is 6.15. The highest BCUT2D eigenvalue weighted by Gasteiger charge is 2.38. The Kier molecular flexibility index (Phi) is 3.35. The SMILES string of the molecule is CC1(C)CCc2[nH]cc(C(=O)Nc3ccccc3F)c2C1=O. The Bertz CT molecular complexity index is 762. The molecule has 0 fully saturated rings. The Morgan fingerprint density at radius 3 is 2.77 bits per heavy atom. The van der Waals surface area contributed by atoms with Gasteiger partial charge in [-0.2, -0.15) is 0 Å². The summed E-state index contributed by atoms with van der Waals surface area (Å²) >= 11 is 0. The number of aromatic amines is 1. The normalized spacial score (nSPS) is 16.2. The molecule has 0 unspecified atom stereocenters. The molecule has 1 aromatic carbocycles. The van der Waals surface area contributed by atoms with Crippen molar-refractivity contribution in [3.05, 3.63) is 53.1 Å². The van der Waals surface area contributed by atoms with Crippen LogP contribution in [0.1, 0.15) is 46.7 Å². The van der Waals surface area contributed by atoms with Crippen LogP contribution < -0.4 is 5.32 Å². The number of fused-ring (bicyclic) bond motifs is 1. The highest BCUT2D eigenvalue weighted by atomic mass is 19.1. The number of aryl methyl sites for hydroxylation is 1. The summed E-state index contributed by atoms with van der Waals surface area (Å²) in [6, 6.07) is 5.95. The summed E-state index contributed by atoms with van der Waals surface area (Å²) in [5.41, 5.74) is 1.11. The summed E-state index contributed by atoms with van der Waals surface area (Å²) in [5, 5.41) is 2.52. The van der Waals surface area contributed by atoms with Gasteiger partial charge in [0.25, 0.3) is 5.91 Å². The van der Waals surface area contributed by atoms with Crippen LogP contribution in [0, 0.1) is 11.2 Å². The number of amides is 1. The summed E-state index contributed by atoms with van der Waals surface area (Å²) in [5.74, 6) is -1.03. The standard InChI is InChI=1S/C17H17FN2O2/c1-17(2)8-7-13-14(15(17)21)10(9-19-13)16(22)20-12-6-4-3-5-11(12)18/h3-6,9,19H,7-8H2,1-2H3,(H,20,22). The Morgan fingerprint density at radius 1 is 1.32 bits per heavy atom. The van der Waals surface area contributed by atoms with Gasteiger partial charge in [0.15, 0.2) is 5.78 Å². The highest BCUT2D eigenvalue weighted by Crippen LogP contribution is 2.36. The number of aromatic nitrogens is 1. The quantitative estimate of drug-likeness (QED) is 0.890. The van der Waals surface area contributed by atoms with Crippen LogP contribution in [0.15, 0.2) is 30.5 Å². The summed E-state index contributed by atoms with van der Waals surface area (Å²) < 4.78 is 13.6. The second-order valence-corrected chi connectivity index (χ2v) is 6.20. The van der Waals surface area contributed by atoms with Crippen molar-refractivity contribution in [1.29, 1.82) is 0 Å². The lowest BCUT2D eigenvalue weighted by molar-refractivity contribution is 0.0805. The van der Waals surface area contributed by atoms with Gasteiger partial charge in [-0.25, -0.2) is 4.39 Å². The molecule has 114 valence electrons. The smallest absolute Gasteiger partial charge is 0.258 e. The van der Waals surface area contributed by atoms with Crippen molar-refractivity contribution in [3.8, 4) is 0 Å². The summed E-state index contributed by atoms with van der Waals surface area (Å²) in [7, 11) is 0. The molecular formula is C17H17FN2O2. The van der Waals surface area contributed by atoms with E-state index in [4.69, 9.17) is 0 Å². The molecule has 22 heavy (non-hydrogen) atoms. The lowest BCUT2D eigenvalue weighted by Crippen LogP contribution is -2.31. The fraction of sp³-hybridized carbons (Fsp3) is 0.294. The molecular weight excluding hydrogens is 283 g/mol. The number of rotatable bonds is 2. The second-order valence-electron chi connectivity index (χ2n) is 6.20. The lowest BCUT2D eigenvalue weighted by Gasteiger charge is -2.28. The number of H-pyrrole nitrogens is 1. The van der Waals surface area contributed by atoms with Crippen LogP contribution in [-0.4, -0.2) is 16.7 Å². The zero-order valence-corrected chi connectivity index (χ0v) is 12.5. The van der Waals surface area contributed by atoms with Crippen LogP contribution in [0.3, 0.4) is 0 Å². The zero-order chi connectivity index (χ0) is 15.9. The first-order valence-corrected chi connectivity index (χ1v) is 7.21. The lowest BCUT2D eigenvalue weighted by atomic mass is 9.74. The Labute approximate surface area is 127 Å². The minimum Gasteiger partial charge on any atom is -0.364 e. The van der Waals surface area contributed by atoms with E-state index in [1.807, 2.05) is 13.8 Å². The average molecular weight is 300 g/mol. The van der Waals surface area contributed by atoms with E-state index in [0.29, 0.717) is 5.56 Å². The van der Waals surface area contributed by atoms with Crippen molar-refractivity contribution >= 4 is 17.4 Å².